The molecule has 2 aromatic rings. The molecule has 27 heavy (non-hydrogen) atoms. The molecule has 0 amide bonds. The lowest BCUT2D eigenvalue weighted by Crippen LogP contribution is -2.54. The van der Waals surface area contributed by atoms with Gasteiger partial charge in [-0.3, -0.25) is 9.97 Å². The van der Waals surface area contributed by atoms with Crippen LogP contribution < -0.4 is 0 Å². The molecule has 0 aliphatic rings. The van der Waals surface area contributed by atoms with Gasteiger partial charge in [-0.25, -0.2) is 0 Å². The van der Waals surface area contributed by atoms with E-state index in [0.29, 0.717) is 13.2 Å². The van der Waals surface area contributed by atoms with Crippen LogP contribution in [0, 0.1) is 0 Å². The van der Waals surface area contributed by atoms with Gasteiger partial charge in [-0.1, -0.05) is 12.1 Å². The molecule has 0 radical (unpaired) electrons. The van der Waals surface area contributed by atoms with E-state index in [4.69, 9.17) is 17.1 Å². The summed E-state index contributed by atoms with van der Waals surface area (Å²) in [6.07, 6.45) is 7.13. The van der Waals surface area contributed by atoms with Gasteiger partial charge in [0.1, 0.15) is 0 Å². The smallest absolute Gasteiger partial charge is 0.323 e. The SMILES string of the molecule is C[Si](C)(OCc1cccnc1)O[Si](C)(C)O[Si](C)(C)OCc1cccnc1. The summed E-state index contributed by atoms with van der Waals surface area (Å²) in [6.45, 7) is 13.3. The Morgan fingerprint density at radius 3 is 1.41 bits per heavy atom. The zero-order valence-corrected chi connectivity index (χ0v) is 20.1. The molecular weight excluding hydrogens is 392 g/mol. The van der Waals surface area contributed by atoms with Crippen molar-refractivity contribution in [1.82, 2.24) is 9.97 Å². The monoisotopic (exact) mass is 422 g/mol. The first-order chi connectivity index (χ1) is 12.6. The predicted octanol–water partition coefficient (Wildman–Crippen LogP) is 4.35. The summed E-state index contributed by atoms with van der Waals surface area (Å²) >= 11 is 0. The molecule has 0 saturated carbocycles. The highest BCUT2D eigenvalue weighted by Gasteiger charge is 2.41. The Labute approximate surface area is 165 Å². The van der Waals surface area contributed by atoms with Gasteiger partial charge in [-0.05, 0) is 62.5 Å². The van der Waals surface area contributed by atoms with Crippen LogP contribution in [0.5, 0.6) is 0 Å². The lowest BCUT2D eigenvalue weighted by atomic mass is 10.3. The molecular formula is C18H30N2O4Si3. The predicted molar refractivity (Wildman–Crippen MR) is 113 cm³/mol. The van der Waals surface area contributed by atoms with Gasteiger partial charge in [0.15, 0.2) is 0 Å². The number of pyridine rings is 2. The molecule has 0 atom stereocenters. The van der Waals surface area contributed by atoms with E-state index in [9.17, 15) is 0 Å². The van der Waals surface area contributed by atoms with Crippen molar-refractivity contribution >= 4 is 25.7 Å². The van der Waals surface area contributed by atoms with Crippen molar-refractivity contribution < 1.29 is 17.1 Å². The molecule has 2 aromatic heterocycles. The summed E-state index contributed by atoms with van der Waals surface area (Å²) in [4.78, 5) is 8.23. The highest BCUT2D eigenvalue weighted by molar-refractivity contribution is 6.84. The van der Waals surface area contributed by atoms with Gasteiger partial charge in [0.05, 0.1) is 13.2 Å². The van der Waals surface area contributed by atoms with E-state index in [0.717, 1.165) is 11.1 Å². The zero-order valence-electron chi connectivity index (χ0n) is 17.1. The molecule has 9 heteroatoms. The van der Waals surface area contributed by atoms with Gasteiger partial charge in [-0.15, -0.1) is 0 Å². The molecule has 0 saturated heterocycles. The molecule has 0 aliphatic carbocycles. The molecule has 0 fully saturated rings. The summed E-state index contributed by atoms with van der Waals surface area (Å²) in [5, 5.41) is 0. The Hall–Kier alpha value is -1.21. The molecule has 0 aromatic carbocycles. The number of hydrogen-bond donors (Lipinski definition) is 0. The van der Waals surface area contributed by atoms with Crippen LogP contribution in [-0.4, -0.2) is 35.7 Å². The first-order valence-corrected chi connectivity index (χ1v) is 17.5. The summed E-state index contributed by atoms with van der Waals surface area (Å²) < 4.78 is 25.0. The molecule has 2 heterocycles. The average Bonchev–Trinajstić information content (AvgIpc) is 2.58. The van der Waals surface area contributed by atoms with Crippen LogP contribution in [0.1, 0.15) is 11.1 Å². The van der Waals surface area contributed by atoms with Crippen molar-refractivity contribution in [3.8, 4) is 0 Å². The zero-order chi connectivity index (χ0) is 20.0. The molecule has 148 valence electrons. The highest BCUT2D eigenvalue weighted by atomic mass is 28.5. The lowest BCUT2D eigenvalue weighted by molar-refractivity contribution is 0.195. The standard InChI is InChI=1S/C18H30N2O4Si3/c1-25(2,21-15-17-9-7-11-19-13-17)23-27(5,6)24-26(3,4)22-16-18-10-8-12-20-14-18/h7-14H,15-16H2,1-6H3. The molecule has 0 spiro atoms. The van der Waals surface area contributed by atoms with Crippen LogP contribution in [0.4, 0.5) is 0 Å². The van der Waals surface area contributed by atoms with E-state index in [-0.39, 0.29) is 0 Å². The van der Waals surface area contributed by atoms with Crippen LogP contribution in [0.2, 0.25) is 39.3 Å². The third-order valence-electron chi connectivity index (χ3n) is 3.60. The van der Waals surface area contributed by atoms with Crippen LogP contribution in [-0.2, 0) is 30.3 Å². The fourth-order valence-electron chi connectivity index (χ4n) is 2.74. The summed E-state index contributed by atoms with van der Waals surface area (Å²) in [7, 11) is -7.09. The van der Waals surface area contributed by atoms with Crippen molar-refractivity contribution in [2.24, 2.45) is 0 Å². The second-order valence-corrected chi connectivity index (χ2v) is 18.3. The number of aromatic nitrogens is 2. The molecule has 0 unspecified atom stereocenters. The van der Waals surface area contributed by atoms with E-state index < -0.39 is 25.7 Å². The fourth-order valence-corrected chi connectivity index (χ4v) is 14.3. The van der Waals surface area contributed by atoms with Crippen molar-refractivity contribution in [3.63, 3.8) is 0 Å². The number of hydrogen-bond acceptors (Lipinski definition) is 6. The van der Waals surface area contributed by atoms with Crippen LogP contribution in [0.15, 0.2) is 49.1 Å². The second kappa shape index (κ2) is 9.32. The quantitative estimate of drug-likeness (QED) is 0.531. The second-order valence-electron chi connectivity index (χ2n) is 7.70. The van der Waals surface area contributed by atoms with Crippen molar-refractivity contribution in [3.05, 3.63) is 60.2 Å². The first-order valence-electron chi connectivity index (χ1n) is 9.03. The first kappa shape index (κ1) is 22.1. The Bertz CT molecular complexity index is 641. The Balaban J connectivity index is 1.87. The average molecular weight is 423 g/mol. The normalized spacial score (nSPS) is 13.0. The van der Waals surface area contributed by atoms with E-state index in [1.165, 1.54) is 0 Å². The molecule has 0 aliphatic heterocycles. The van der Waals surface area contributed by atoms with E-state index in [1.807, 2.05) is 62.8 Å². The minimum absolute atomic E-state index is 0.496. The third-order valence-corrected chi connectivity index (χ3v) is 13.1. The third kappa shape index (κ3) is 8.56. The Morgan fingerprint density at radius 1 is 0.667 bits per heavy atom. The maximum atomic E-state index is 6.39. The molecule has 6 nitrogen and oxygen atoms in total. The van der Waals surface area contributed by atoms with E-state index in [2.05, 4.69) is 23.1 Å². The summed E-state index contributed by atoms with van der Waals surface area (Å²) in [5.41, 5.74) is 2.08. The van der Waals surface area contributed by atoms with Crippen LogP contribution in [0.3, 0.4) is 0 Å². The van der Waals surface area contributed by atoms with Crippen LogP contribution >= 0.6 is 0 Å². The van der Waals surface area contributed by atoms with Gasteiger partial charge in [0, 0.05) is 24.8 Å². The largest absolute Gasteiger partial charge is 0.415 e. The lowest BCUT2D eigenvalue weighted by Gasteiger charge is -2.37. The number of nitrogens with zero attached hydrogens (tertiary/aromatic N) is 2. The van der Waals surface area contributed by atoms with Crippen molar-refractivity contribution in [1.29, 1.82) is 0 Å². The maximum absolute atomic E-state index is 6.39. The van der Waals surface area contributed by atoms with Crippen molar-refractivity contribution in [2.45, 2.75) is 52.5 Å². The topological polar surface area (TPSA) is 62.7 Å². The van der Waals surface area contributed by atoms with Crippen LogP contribution in [0.25, 0.3) is 0 Å². The molecule has 0 N–H and O–H groups in total. The number of rotatable bonds is 10. The molecule has 0 bridgehead atoms. The maximum Gasteiger partial charge on any atom is 0.323 e. The minimum atomic E-state index is -2.41. The van der Waals surface area contributed by atoms with Gasteiger partial charge in [-0.2, -0.15) is 0 Å². The summed E-state index contributed by atoms with van der Waals surface area (Å²) in [5.74, 6) is 0. The minimum Gasteiger partial charge on any atom is -0.415 e. The van der Waals surface area contributed by atoms with Gasteiger partial charge in [0.25, 0.3) is 0 Å². The Morgan fingerprint density at radius 2 is 1.07 bits per heavy atom. The van der Waals surface area contributed by atoms with Gasteiger partial charge < -0.3 is 17.1 Å². The Kier molecular flexibility index (Phi) is 7.63. The van der Waals surface area contributed by atoms with Gasteiger partial charge >= 0.3 is 25.7 Å². The van der Waals surface area contributed by atoms with Crippen molar-refractivity contribution in [2.75, 3.05) is 0 Å². The van der Waals surface area contributed by atoms with E-state index in [1.54, 1.807) is 12.4 Å². The van der Waals surface area contributed by atoms with E-state index >= 15 is 0 Å². The summed E-state index contributed by atoms with van der Waals surface area (Å²) in [6, 6.07) is 7.81. The van der Waals surface area contributed by atoms with Gasteiger partial charge in [0.2, 0.25) is 0 Å². The molecule has 2 rings (SSSR count). The fraction of sp³-hybridized carbons (Fsp3) is 0.444. The highest BCUT2D eigenvalue weighted by Crippen LogP contribution is 2.23.